The minimum absolute atomic E-state index is 0.0445. The van der Waals surface area contributed by atoms with Crippen LogP contribution in [0.15, 0.2) is 18.2 Å². The van der Waals surface area contributed by atoms with Crippen LogP contribution in [0.5, 0.6) is 5.75 Å². The van der Waals surface area contributed by atoms with Gasteiger partial charge in [0.1, 0.15) is 5.69 Å². The second kappa shape index (κ2) is 4.82. The molecule has 1 aliphatic rings. The van der Waals surface area contributed by atoms with Gasteiger partial charge in [-0.05, 0) is 39.8 Å². The molecule has 0 bridgehead atoms. The van der Waals surface area contributed by atoms with Crippen molar-refractivity contribution in [2.45, 2.75) is 38.9 Å². The van der Waals surface area contributed by atoms with Crippen molar-refractivity contribution in [2.75, 3.05) is 0 Å². The molecule has 0 aliphatic carbocycles. The summed E-state index contributed by atoms with van der Waals surface area (Å²) in [7, 11) is -0.467. The van der Waals surface area contributed by atoms with Crippen molar-refractivity contribution < 1.29 is 14.4 Å². The van der Waals surface area contributed by atoms with Gasteiger partial charge in [0.05, 0.1) is 16.2 Å². The van der Waals surface area contributed by atoms with E-state index < -0.39 is 7.12 Å². The van der Waals surface area contributed by atoms with Gasteiger partial charge >= 0.3 is 7.12 Å². The molecule has 1 aromatic rings. The van der Waals surface area contributed by atoms with E-state index in [-0.39, 0.29) is 22.0 Å². The highest BCUT2D eigenvalue weighted by Crippen LogP contribution is 2.37. The van der Waals surface area contributed by atoms with Gasteiger partial charge in [0, 0.05) is 6.20 Å². The Morgan fingerprint density at radius 2 is 1.84 bits per heavy atom. The van der Waals surface area contributed by atoms with Crippen LogP contribution in [0, 0.1) is 0 Å². The zero-order valence-corrected chi connectivity index (χ0v) is 12.2. The van der Waals surface area contributed by atoms with Crippen LogP contribution in [-0.2, 0) is 9.31 Å². The van der Waals surface area contributed by atoms with Gasteiger partial charge in [-0.15, -0.1) is 0 Å². The number of pyridine rings is 1. The molecule has 0 radical (unpaired) electrons. The lowest BCUT2D eigenvalue weighted by molar-refractivity contribution is 0.00578. The summed E-state index contributed by atoms with van der Waals surface area (Å²) in [5.74, 6) is 1.67. The van der Waals surface area contributed by atoms with Crippen molar-refractivity contribution in [1.29, 1.82) is 0 Å². The summed E-state index contributed by atoms with van der Waals surface area (Å²) >= 11 is 5.81. The van der Waals surface area contributed by atoms with E-state index in [9.17, 15) is 5.11 Å². The number of hydrogen-bond acceptors (Lipinski definition) is 4. The molecule has 1 aromatic heterocycles. The molecule has 0 aromatic carbocycles. The van der Waals surface area contributed by atoms with E-state index in [1.807, 2.05) is 27.7 Å². The molecule has 102 valence electrons. The molecule has 0 atom stereocenters. The number of aromatic hydroxyl groups is 1. The molecule has 1 fully saturated rings. The lowest BCUT2D eigenvalue weighted by atomic mass is 9.89. The minimum atomic E-state index is -0.467. The zero-order valence-electron chi connectivity index (χ0n) is 11.5. The van der Waals surface area contributed by atoms with Gasteiger partial charge in [-0.2, -0.15) is 0 Å². The number of nitrogens with zero attached hydrogens (tertiary/aromatic N) is 1. The molecule has 2 heterocycles. The highest BCUT2D eigenvalue weighted by atomic mass is 35.5. The second-order valence-electron chi connectivity index (χ2n) is 5.51. The van der Waals surface area contributed by atoms with Crippen molar-refractivity contribution in [3.05, 3.63) is 29.0 Å². The number of rotatable bonds is 2. The summed E-state index contributed by atoms with van der Waals surface area (Å²) in [6.45, 7) is 7.93. The summed E-state index contributed by atoms with van der Waals surface area (Å²) in [6, 6.07) is 1.53. The van der Waals surface area contributed by atoms with Crippen LogP contribution in [0.1, 0.15) is 33.4 Å². The largest absolute Gasteiger partial charge is 0.504 e. The van der Waals surface area contributed by atoms with E-state index in [0.29, 0.717) is 5.69 Å². The first kappa shape index (κ1) is 14.4. The van der Waals surface area contributed by atoms with Crippen LogP contribution in [0.4, 0.5) is 0 Å². The fourth-order valence-electron chi connectivity index (χ4n) is 1.70. The van der Waals surface area contributed by atoms with Crippen LogP contribution in [-0.4, -0.2) is 28.4 Å². The summed E-state index contributed by atoms with van der Waals surface area (Å²) in [4.78, 5) is 4.04. The molecule has 0 spiro atoms. The monoisotopic (exact) mass is 281 g/mol. The average Bonchev–Trinajstić information content (AvgIpc) is 2.50. The zero-order chi connectivity index (χ0) is 14.3. The quantitative estimate of drug-likeness (QED) is 0.846. The minimum Gasteiger partial charge on any atom is -0.504 e. The maximum Gasteiger partial charge on any atom is 0.487 e. The Labute approximate surface area is 118 Å². The number of hydrogen-bond donors (Lipinski definition) is 1. The standard InChI is InChI=1S/C13H17BClNO3/c1-12(2)13(3,4)19-14(18-12)7-5-10-11(17)9(15)6-8-16-10/h5-8,17H,1-4H3/b7-5+. The highest BCUT2D eigenvalue weighted by molar-refractivity contribution is 6.52. The van der Waals surface area contributed by atoms with Crippen molar-refractivity contribution in [1.82, 2.24) is 4.98 Å². The Morgan fingerprint density at radius 1 is 1.26 bits per heavy atom. The van der Waals surface area contributed by atoms with Crippen LogP contribution < -0.4 is 0 Å². The van der Waals surface area contributed by atoms with Gasteiger partial charge in [0.15, 0.2) is 5.75 Å². The smallest absolute Gasteiger partial charge is 0.487 e. The maximum absolute atomic E-state index is 9.75. The SMILES string of the molecule is CC1(C)OB(/C=C/c2nccc(Cl)c2O)OC1(C)C. The number of halogens is 1. The van der Waals surface area contributed by atoms with E-state index in [0.717, 1.165) is 0 Å². The van der Waals surface area contributed by atoms with E-state index in [4.69, 9.17) is 20.9 Å². The van der Waals surface area contributed by atoms with Gasteiger partial charge in [-0.25, -0.2) is 0 Å². The van der Waals surface area contributed by atoms with Crippen molar-refractivity contribution >= 4 is 24.8 Å². The van der Waals surface area contributed by atoms with Gasteiger partial charge in [0.2, 0.25) is 0 Å². The molecule has 6 heteroatoms. The Kier molecular flexibility index (Phi) is 3.64. The van der Waals surface area contributed by atoms with Gasteiger partial charge < -0.3 is 14.4 Å². The maximum atomic E-state index is 9.75. The molecule has 0 amide bonds. The molecule has 1 aliphatic heterocycles. The van der Waals surface area contributed by atoms with E-state index in [1.165, 1.54) is 12.3 Å². The van der Waals surface area contributed by atoms with Crippen LogP contribution in [0.25, 0.3) is 6.08 Å². The van der Waals surface area contributed by atoms with E-state index in [2.05, 4.69) is 4.98 Å². The van der Waals surface area contributed by atoms with Crippen molar-refractivity contribution in [2.24, 2.45) is 0 Å². The van der Waals surface area contributed by atoms with Gasteiger partial charge in [-0.3, -0.25) is 4.98 Å². The van der Waals surface area contributed by atoms with Gasteiger partial charge in [-0.1, -0.05) is 17.6 Å². The second-order valence-corrected chi connectivity index (χ2v) is 5.92. The molecule has 1 N–H and O–H groups in total. The van der Waals surface area contributed by atoms with E-state index in [1.54, 1.807) is 12.1 Å². The fraction of sp³-hybridized carbons (Fsp3) is 0.462. The van der Waals surface area contributed by atoms with Crippen LogP contribution in [0.2, 0.25) is 5.02 Å². The first-order chi connectivity index (χ1) is 8.73. The Bertz CT molecular complexity index is 501. The third-order valence-electron chi connectivity index (χ3n) is 3.59. The topological polar surface area (TPSA) is 51.6 Å². The Balaban J connectivity index is 2.15. The summed E-state index contributed by atoms with van der Waals surface area (Å²) in [5, 5.41) is 10.0. The molecule has 2 rings (SSSR count). The first-order valence-corrected chi connectivity index (χ1v) is 6.48. The lowest BCUT2D eigenvalue weighted by Crippen LogP contribution is -2.41. The lowest BCUT2D eigenvalue weighted by Gasteiger charge is -2.32. The van der Waals surface area contributed by atoms with Crippen LogP contribution in [0.3, 0.4) is 0 Å². The van der Waals surface area contributed by atoms with Crippen LogP contribution >= 0.6 is 11.6 Å². The molecular weight excluding hydrogens is 264 g/mol. The Morgan fingerprint density at radius 3 is 2.42 bits per heavy atom. The summed E-state index contributed by atoms with van der Waals surface area (Å²) < 4.78 is 11.6. The normalized spacial score (nSPS) is 21.2. The molecule has 0 unspecified atom stereocenters. The molecule has 0 saturated carbocycles. The third-order valence-corrected chi connectivity index (χ3v) is 3.89. The van der Waals surface area contributed by atoms with Crippen molar-refractivity contribution in [3.8, 4) is 5.75 Å². The third kappa shape index (κ3) is 2.78. The average molecular weight is 282 g/mol. The molecule has 1 saturated heterocycles. The van der Waals surface area contributed by atoms with Crippen molar-refractivity contribution in [3.63, 3.8) is 0 Å². The summed E-state index contributed by atoms with van der Waals surface area (Å²) in [5.41, 5.74) is -0.375. The highest BCUT2D eigenvalue weighted by Gasteiger charge is 2.50. The predicted octanol–water partition coefficient (Wildman–Crippen LogP) is 3.09. The predicted molar refractivity (Wildman–Crippen MR) is 76.0 cm³/mol. The molecular formula is C13H17BClNO3. The molecule has 19 heavy (non-hydrogen) atoms. The summed E-state index contributed by atoms with van der Waals surface area (Å²) in [6.07, 6.45) is 3.18. The Hall–Kier alpha value is -1.04. The first-order valence-electron chi connectivity index (χ1n) is 6.10. The fourth-order valence-corrected chi connectivity index (χ4v) is 1.86. The van der Waals surface area contributed by atoms with Gasteiger partial charge in [0.25, 0.3) is 0 Å². The number of aromatic nitrogens is 1. The van der Waals surface area contributed by atoms with E-state index >= 15 is 0 Å². The molecule has 4 nitrogen and oxygen atoms in total.